The van der Waals surface area contributed by atoms with Gasteiger partial charge >= 0.3 is 6.09 Å². The fraction of sp³-hybridized carbons (Fsp3) is 0.500. The standard InChI is InChI=1S/C14H21FN2O5S/c1-14(2,3)22-13(19)16-12-9-10(5-6-11(12)15)17-23(20,21)8-4-7-18/h5-6,9,17-18H,4,7-8H2,1-3H3,(H,16,19). The van der Waals surface area contributed by atoms with E-state index in [-0.39, 0.29) is 30.2 Å². The van der Waals surface area contributed by atoms with E-state index in [1.54, 1.807) is 20.8 Å². The van der Waals surface area contributed by atoms with Crippen LogP contribution in [0.3, 0.4) is 0 Å². The van der Waals surface area contributed by atoms with Crippen molar-refractivity contribution in [2.24, 2.45) is 0 Å². The van der Waals surface area contributed by atoms with Crippen molar-refractivity contribution < 1.29 is 27.4 Å². The Morgan fingerprint density at radius 3 is 2.57 bits per heavy atom. The van der Waals surface area contributed by atoms with Gasteiger partial charge in [-0.05, 0) is 45.4 Å². The van der Waals surface area contributed by atoms with Crippen LogP contribution in [0.5, 0.6) is 0 Å². The fourth-order valence-corrected chi connectivity index (χ4v) is 2.68. The average Bonchev–Trinajstić information content (AvgIpc) is 2.38. The number of anilines is 2. The summed E-state index contributed by atoms with van der Waals surface area (Å²) in [7, 11) is -3.66. The molecule has 1 aromatic carbocycles. The summed E-state index contributed by atoms with van der Waals surface area (Å²) in [5.41, 5.74) is -0.860. The largest absolute Gasteiger partial charge is 0.444 e. The molecule has 0 aromatic heterocycles. The molecule has 0 aliphatic heterocycles. The van der Waals surface area contributed by atoms with Gasteiger partial charge in [-0.15, -0.1) is 0 Å². The van der Waals surface area contributed by atoms with Crippen LogP contribution in [0, 0.1) is 5.82 Å². The molecule has 130 valence electrons. The Balaban J connectivity index is 2.85. The summed E-state index contributed by atoms with van der Waals surface area (Å²) in [6, 6.07) is 3.40. The van der Waals surface area contributed by atoms with Crippen LogP contribution in [0.4, 0.5) is 20.6 Å². The summed E-state index contributed by atoms with van der Waals surface area (Å²) < 4.78 is 44.4. The molecule has 7 nitrogen and oxygen atoms in total. The molecule has 0 spiro atoms. The van der Waals surface area contributed by atoms with Crippen molar-refractivity contribution in [1.82, 2.24) is 0 Å². The molecule has 0 aliphatic rings. The fourth-order valence-electron chi connectivity index (χ4n) is 1.58. The lowest BCUT2D eigenvalue weighted by atomic mass is 10.2. The lowest BCUT2D eigenvalue weighted by molar-refractivity contribution is 0.0635. The molecule has 1 amide bonds. The maximum absolute atomic E-state index is 13.7. The monoisotopic (exact) mass is 348 g/mol. The number of amides is 1. The molecule has 0 saturated heterocycles. The van der Waals surface area contributed by atoms with E-state index in [0.29, 0.717) is 0 Å². The molecule has 0 saturated carbocycles. The highest BCUT2D eigenvalue weighted by Crippen LogP contribution is 2.21. The number of benzene rings is 1. The smallest absolute Gasteiger partial charge is 0.412 e. The molecule has 0 unspecified atom stereocenters. The van der Waals surface area contributed by atoms with E-state index in [1.807, 2.05) is 0 Å². The van der Waals surface area contributed by atoms with Crippen LogP contribution in [0.15, 0.2) is 18.2 Å². The van der Waals surface area contributed by atoms with Crippen LogP contribution in [0.1, 0.15) is 27.2 Å². The number of hydrogen-bond acceptors (Lipinski definition) is 5. The maximum Gasteiger partial charge on any atom is 0.412 e. The number of aliphatic hydroxyl groups excluding tert-OH is 1. The highest BCUT2D eigenvalue weighted by Gasteiger charge is 2.18. The van der Waals surface area contributed by atoms with Crippen molar-refractivity contribution in [2.75, 3.05) is 22.4 Å². The first-order valence-corrected chi connectivity index (χ1v) is 8.58. The number of halogens is 1. The van der Waals surface area contributed by atoms with Gasteiger partial charge in [0.15, 0.2) is 0 Å². The molecule has 3 N–H and O–H groups in total. The molecule has 1 rings (SSSR count). The Labute approximate surface area is 134 Å². The average molecular weight is 348 g/mol. The number of aliphatic hydroxyl groups is 1. The van der Waals surface area contributed by atoms with Crippen molar-refractivity contribution in [3.63, 3.8) is 0 Å². The van der Waals surface area contributed by atoms with Gasteiger partial charge in [0.25, 0.3) is 0 Å². The van der Waals surface area contributed by atoms with Gasteiger partial charge in [0, 0.05) is 6.61 Å². The summed E-state index contributed by atoms with van der Waals surface area (Å²) in [6.07, 6.45) is -0.767. The van der Waals surface area contributed by atoms with Gasteiger partial charge in [-0.3, -0.25) is 10.0 Å². The van der Waals surface area contributed by atoms with Crippen LogP contribution in [-0.4, -0.2) is 37.6 Å². The Hall–Kier alpha value is -1.87. The molecule has 23 heavy (non-hydrogen) atoms. The normalized spacial score (nSPS) is 11.9. The van der Waals surface area contributed by atoms with Crippen LogP contribution in [0.25, 0.3) is 0 Å². The second-order valence-corrected chi connectivity index (χ2v) is 7.66. The summed E-state index contributed by atoms with van der Waals surface area (Å²) in [4.78, 5) is 11.7. The number of carbonyl (C=O) groups is 1. The molecule has 9 heteroatoms. The summed E-state index contributed by atoms with van der Waals surface area (Å²) in [6.45, 7) is 4.73. The first-order chi connectivity index (χ1) is 10.5. The second kappa shape index (κ2) is 7.60. The zero-order valence-electron chi connectivity index (χ0n) is 13.2. The summed E-state index contributed by atoms with van der Waals surface area (Å²) >= 11 is 0. The van der Waals surface area contributed by atoms with E-state index >= 15 is 0 Å². The van der Waals surface area contributed by atoms with Crippen molar-refractivity contribution in [3.8, 4) is 0 Å². The van der Waals surface area contributed by atoms with E-state index in [9.17, 15) is 17.6 Å². The van der Waals surface area contributed by atoms with Crippen LogP contribution >= 0.6 is 0 Å². The minimum atomic E-state index is -3.66. The Morgan fingerprint density at radius 1 is 1.35 bits per heavy atom. The third kappa shape index (κ3) is 7.29. The summed E-state index contributed by atoms with van der Waals surface area (Å²) in [5, 5.41) is 10.9. The van der Waals surface area contributed by atoms with Crippen molar-refractivity contribution in [3.05, 3.63) is 24.0 Å². The molecule has 0 atom stereocenters. The Morgan fingerprint density at radius 2 is 2.00 bits per heavy atom. The lowest BCUT2D eigenvalue weighted by Gasteiger charge is -2.20. The number of nitrogens with one attached hydrogen (secondary N) is 2. The van der Waals surface area contributed by atoms with Crippen LogP contribution in [0.2, 0.25) is 0 Å². The maximum atomic E-state index is 13.7. The highest BCUT2D eigenvalue weighted by molar-refractivity contribution is 7.92. The van der Waals surface area contributed by atoms with E-state index in [1.165, 1.54) is 6.07 Å². The minimum absolute atomic E-state index is 0.0829. The summed E-state index contributed by atoms with van der Waals surface area (Å²) in [5.74, 6) is -0.996. The van der Waals surface area contributed by atoms with Gasteiger partial charge in [0.2, 0.25) is 10.0 Å². The number of carbonyl (C=O) groups excluding carboxylic acids is 1. The van der Waals surface area contributed by atoms with Crippen LogP contribution < -0.4 is 10.0 Å². The molecule has 1 aromatic rings. The first kappa shape index (κ1) is 19.2. The first-order valence-electron chi connectivity index (χ1n) is 6.93. The molecule has 0 heterocycles. The van der Waals surface area contributed by atoms with Gasteiger partial charge in [0.05, 0.1) is 17.1 Å². The van der Waals surface area contributed by atoms with Crippen molar-refractivity contribution in [1.29, 1.82) is 0 Å². The SMILES string of the molecule is CC(C)(C)OC(=O)Nc1cc(NS(=O)(=O)CCCO)ccc1F. The molecule has 0 fully saturated rings. The zero-order valence-corrected chi connectivity index (χ0v) is 14.0. The molecule has 0 aliphatic carbocycles. The highest BCUT2D eigenvalue weighted by atomic mass is 32.2. The third-order valence-electron chi connectivity index (χ3n) is 2.45. The van der Waals surface area contributed by atoms with Crippen molar-refractivity contribution in [2.45, 2.75) is 32.8 Å². The van der Waals surface area contributed by atoms with Gasteiger partial charge in [-0.2, -0.15) is 0 Å². The molecular weight excluding hydrogens is 327 g/mol. The predicted molar refractivity (Wildman–Crippen MR) is 85.4 cm³/mol. The zero-order chi connectivity index (χ0) is 17.7. The topological polar surface area (TPSA) is 105 Å². The van der Waals surface area contributed by atoms with Crippen molar-refractivity contribution >= 4 is 27.5 Å². The number of ether oxygens (including phenoxy) is 1. The van der Waals surface area contributed by atoms with Gasteiger partial charge in [-0.25, -0.2) is 17.6 Å². The van der Waals surface area contributed by atoms with Gasteiger partial charge < -0.3 is 9.84 Å². The molecular formula is C14H21FN2O5S. The van der Waals surface area contributed by atoms with Gasteiger partial charge in [-0.1, -0.05) is 0 Å². The number of hydrogen-bond donors (Lipinski definition) is 3. The number of rotatable bonds is 6. The minimum Gasteiger partial charge on any atom is -0.444 e. The Bertz CT molecular complexity index is 656. The Kier molecular flexibility index (Phi) is 6.34. The lowest BCUT2D eigenvalue weighted by Crippen LogP contribution is -2.27. The van der Waals surface area contributed by atoms with E-state index in [0.717, 1.165) is 12.1 Å². The molecule has 0 bridgehead atoms. The van der Waals surface area contributed by atoms with Crippen LogP contribution in [-0.2, 0) is 14.8 Å². The van der Waals surface area contributed by atoms with Gasteiger partial charge in [0.1, 0.15) is 11.4 Å². The quantitative estimate of drug-likeness (QED) is 0.732. The number of sulfonamides is 1. The second-order valence-electron chi connectivity index (χ2n) is 5.82. The predicted octanol–water partition coefficient (Wildman–Crippen LogP) is 2.30. The van der Waals surface area contributed by atoms with E-state index < -0.39 is 27.5 Å². The van der Waals surface area contributed by atoms with E-state index in [2.05, 4.69) is 10.0 Å². The third-order valence-corrected chi connectivity index (χ3v) is 3.82. The van der Waals surface area contributed by atoms with E-state index in [4.69, 9.17) is 9.84 Å². The molecule has 0 radical (unpaired) electrons.